The zero-order valence-corrected chi connectivity index (χ0v) is 58.7. The summed E-state index contributed by atoms with van der Waals surface area (Å²) in [7, 11) is 0. The molecule has 12 amide bonds. The molecular weight excluding hydrogens is 1380 g/mol. The van der Waals surface area contributed by atoms with Gasteiger partial charge in [-0.25, -0.2) is 4.79 Å². The number of nitrogens with two attached hydrogens (primary N) is 2. The maximum absolute atomic E-state index is 14.8. The fourth-order valence-electron chi connectivity index (χ4n) is 11.2. The van der Waals surface area contributed by atoms with Gasteiger partial charge in [0.05, 0.1) is 24.9 Å². The molecule has 2 heterocycles. The highest BCUT2D eigenvalue weighted by Crippen LogP contribution is 2.19. The normalized spacial score (nSPS) is 24.3. The predicted molar refractivity (Wildman–Crippen MR) is 371 cm³/mol. The third kappa shape index (κ3) is 28.2. The van der Waals surface area contributed by atoms with Crippen LogP contribution in [-0.2, 0) is 91.1 Å². The number of carbonyl (C=O) groups is 14. The van der Waals surface area contributed by atoms with E-state index < -0.39 is 225 Å². The number of cyclic esters (lactones) is 1. The topological polar surface area (TPSA) is 586 Å². The van der Waals surface area contributed by atoms with Crippen LogP contribution in [0.3, 0.4) is 0 Å². The summed E-state index contributed by atoms with van der Waals surface area (Å²) in [5.74, 6) is -17.0. The lowest BCUT2D eigenvalue weighted by Gasteiger charge is -2.29. The molecule has 2 fully saturated rings. The van der Waals surface area contributed by atoms with Gasteiger partial charge in [0.1, 0.15) is 90.3 Å². The molecule has 2 aliphatic heterocycles. The lowest BCUT2D eigenvalue weighted by Crippen LogP contribution is -2.62. The minimum atomic E-state index is -2.02. The van der Waals surface area contributed by atoms with Crippen molar-refractivity contribution in [2.24, 2.45) is 17.4 Å². The van der Waals surface area contributed by atoms with Crippen molar-refractivity contribution in [1.82, 2.24) is 63.8 Å². The van der Waals surface area contributed by atoms with Crippen molar-refractivity contribution in [2.45, 2.75) is 202 Å². The van der Waals surface area contributed by atoms with Gasteiger partial charge in [0.15, 0.2) is 0 Å². The van der Waals surface area contributed by atoms with Gasteiger partial charge in [0.2, 0.25) is 70.9 Å². The number of aliphatic carboxylic acids is 1. The SMILES string of the molecule is CC[C@H](C)[C@@H]1NC(=O)[C@@H](Cc2ccc(O)cc2)NC(=O)[C@H](CO)NC(=O)[C@H](CCCCN)NC(=O)[C@H](Cc2ccc(O)cc2)NC(=O)[C@H]([C@@H](C)O)NC(=O)[C@H](CCC(=O)O)NC(=O)[C@H](C)NC(=O)[C@H](NC(=O)[C@@H](Cc2ccc(O)cc2)NC(=O)[C@H](CCC(N)=O)NC(=O)[C@@H]2CCCN2)C[C@@H](O)COC1=O. The third-order valence-corrected chi connectivity index (χ3v) is 17.5. The van der Waals surface area contributed by atoms with Crippen LogP contribution >= 0.6 is 0 Å². The molecule has 0 unspecified atom stereocenters. The van der Waals surface area contributed by atoms with E-state index in [1.54, 1.807) is 13.8 Å². The molecule has 23 N–H and O–H groups in total. The molecule has 0 aromatic heterocycles. The highest BCUT2D eigenvalue weighted by atomic mass is 16.5. The number of carbonyl (C=O) groups excluding carboxylic acids is 13. The Hall–Kier alpha value is -10.6. The molecule has 0 aliphatic carbocycles. The van der Waals surface area contributed by atoms with Crippen molar-refractivity contribution in [2.75, 3.05) is 26.3 Å². The summed E-state index contributed by atoms with van der Waals surface area (Å²) in [5.41, 5.74) is 12.1. The lowest BCUT2D eigenvalue weighted by atomic mass is 9.97. The van der Waals surface area contributed by atoms with Gasteiger partial charge in [0, 0.05) is 38.5 Å². The van der Waals surface area contributed by atoms with Crippen LogP contribution in [0.25, 0.3) is 0 Å². The third-order valence-electron chi connectivity index (χ3n) is 17.5. The van der Waals surface area contributed by atoms with Crippen LogP contribution in [0.4, 0.5) is 0 Å². The number of nitrogens with one attached hydrogen (secondary N) is 12. The Kier molecular flexibility index (Phi) is 34.3. The Labute approximate surface area is 604 Å². The van der Waals surface area contributed by atoms with E-state index in [1.807, 2.05) is 0 Å². The fourth-order valence-corrected chi connectivity index (χ4v) is 11.2. The number of amides is 12. The Balaban J connectivity index is 1.61. The Bertz CT molecular complexity index is 3490. The second kappa shape index (κ2) is 42.3. The molecule has 2 aliphatic rings. The van der Waals surface area contributed by atoms with Gasteiger partial charge >= 0.3 is 11.9 Å². The van der Waals surface area contributed by atoms with E-state index in [2.05, 4.69) is 63.8 Å². The van der Waals surface area contributed by atoms with Crippen LogP contribution in [0.1, 0.15) is 115 Å². The maximum atomic E-state index is 14.8. The number of aliphatic hydroxyl groups excluding tert-OH is 3. The van der Waals surface area contributed by atoms with Crippen molar-refractivity contribution in [1.29, 1.82) is 0 Å². The minimum Gasteiger partial charge on any atom is -0.508 e. The summed E-state index contributed by atoms with van der Waals surface area (Å²) in [6, 6.07) is -4.01. The van der Waals surface area contributed by atoms with Crippen molar-refractivity contribution < 1.29 is 108 Å². The standard InChI is InChI=1S/C69H98N14O22/c1-5-35(2)56-69(104)105-34-44(89)32-52(79-65(100)49(29-38-11-17-41(86)18-12-38)77-61(96)47(23-25-54(71)90)76-59(94)45-10-8-28-72-45)63(98)73-36(3)58(93)74-48(24-26-55(91)92)62(97)83-57(37(4)85)68(103)80-50(30-39-13-19-42(87)20-14-39)64(99)75-46(9-6-7-27-70)60(95)81-53(33-84)67(102)78-51(66(101)82-56)31-40-15-21-43(88)22-16-40/h11-22,35-37,44-53,56-57,72,84-89H,5-10,23-34,70H2,1-4H3,(H2,71,90)(H,73,98)(H,74,93)(H,75,99)(H,76,94)(H,77,96)(H,78,102)(H,79,100)(H,80,103)(H,81,95)(H,82,101)(H,83,97)(H,91,92)/t35-,36-,37+,44+,45-,46-,47-,48-,49+,50-,51+,52+,53-,56-,57-/m0/s1. The molecule has 15 atom stereocenters. The Morgan fingerprint density at radius 3 is 1.64 bits per heavy atom. The van der Waals surface area contributed by atoms with Crippen LogP contribution in [0.5, 0.6) is 17.2 Å². The van der Waals surface area contributed by atoms with Gasteiger partial charge in [-0.3, -0.25) is 62.3 Å². The molecule has 0 saturated carbocycles. The molecule has 5 rings (SSSR count). The van der Waals surface area contributed by atoms with Gasteiger partial charge in [-0.05, 0) is 131 Å². The summed E-state index contributed by atoms with van der Waals surface area (Å²) in [5, 5.41) is 103. The van der Waals surface area contributed by atoms with Crippen LogP contribution in [0.2, 0.25) is 0 Å². The van der Waals surface area contributed by atoms with Gasteiger partial charge in [-0.1, -0.05) is 56.7 Å². The van der Waals surface area contributed by atoms with E-state index in [1.165, 1.54) is 72.8 Å². The first kappa shape index (κ1) is 85.1. The van der Waals surface area contributed by atoms with Crippen LogP contribution in [-0.4, -0.2) is 230 Å². The smallest absolute Gasteiger partial charge is 0.329 e. The second-order valence-electron chi connectivity index (χ2n) is 26.0. The Morgan fingerprint density at radius 2 is 1.10 bits per heavy atom. The number of phenols is 3. The molecule has 0 radical (unpaired) electrons. The zero-order valence-electron chi connectivity index (χ0n) is 58.7. The highest BCUT2D eigenvalue weighted by Gasteiger charge is 2.39. The highest BCUT2D eigenvalue weighted by molar-refractivity contribution is 6.00. The number of carboxylic acids is 1. The molecule has 2 saturated heterocycles. The molecule has 3 aromatic carbocycles. The van der Waals surface area contributed by atoms with Crippen molar-refractivity contribution >= 4 is 82.8 Å². The van der Waals surface area contributed by atoms with E-state index in [-0.39, 0.29) is 55.9 Å². The Morgan fingerprint density at radius 1 is 0.600 bits per heavy atom. The second-order valence-corrected chi connectivity index (χ2v) is 26.0. The average Bonchev–Trinajstić information content (AvgIpc) is 0.978. The van der Waals surface area contributed by atoms with Crippen molar-refractivity contribution in [3.63, 3.8) is 0 Å². The summed E-state index contributed by atoms with van der Waals surface area (Å²) in [6.07, 6.45) is -6.60. The van der Waals surface area contributed by atoms with Crippen LogP contribution in [0.15, 0.2) is 72.8 Å². The van der Waals surface area contributed by atoms with E-state index in [4.69, 9.17) is 16.2 Å². The number of ether oxygens (including phenoxy) is 1. The first-order chi connectivity index (χ1) is 49.8. The maximum Gasteiger partial charge on any atom is 0.329 e. The van der Waals surface area contributed by atoms with Crippen molar-refractivity contribution in [3.8, 4) is 17.2 Å². The first-order valence-corrected chi connectivity index (χ1v) is 34.5. The van der Waals surface area contributed by atoms with E-state index in [0.29, 0.717) is 42.5 Å². The largest absolute Gasteiger partial charge is 0.508 e. The van der Waals surface area contributed by atoms with E-state index in [0.717, 1.165) is 13.8 Å². The average molecular weight is 1480 g/mol. The zero-order chi connectivity index (χ0) is 77.6. The number of primary amides is 1. The van der Waals surface area contributed by atoms with Gasteiger partial charge < -0.3 is 116 Å². The van der Waals surface area contributed by atoms with Crippen LogP contribution in [0, 0.1) is 5.92 Å². The molecule has 0 bridgehead atoms. The summed E-state index contributed by atoms with van der Waals surface area (Å²) < 4.78 is 5.58. The quantitative estimate of drug-likeness (QED) is 0.0264. The number of unbranched alkanes of at least 4 members (excludes halogenated alkanes) is 1. The number of hydrogen-bond acceptors (Lipinski definition) is 23. The number of phenolic OH excluding ortho intramolecular Hbond substituents is 3. The number of benzene rings is 3. The predicted octanol–water partition coefficient (Wildman–Crippen LogP) is -5.08. The molecule has 105 heavy (non-hydrogen) atoms. The fraction of sp³-hybridized carbons (Fsp3) is 0.536. The summed E-state index contributed by atoms with van der Waals surface area (Å²) >= 11 is 0. The van der Waals surface area contributed by atoms with E-state index in [9.17, 15) is 103 Å². The van der Waals surface area contributed by atoms with Crippen molar-refractivity contribution in [3.05, 3.63) is 89.5 Å². The number of rotatable bonds is 26. The minimum absolute atomic E-state index is 0.126. The van der Waals surface area contributed by atoms with Gasteiger partial charge in [-0.2, -0.15) is 0 Å². The van der Waals surface area contributed by atoms with Gasteiger partial charge in [-0.15, -0.1) is 0 Å². The van der Waals surface area contributed by atoms with Gasteiger partial charge in [0.25, 0.3) is 0 Å². The number of hydrogen-bond donors (Lipinski definition) is 21. The lowest BCUT2D eigenvalue weighted by molar-refractivity contribution is -0.153. The molecule has 36 nitrogen and oxygen atoms in total. The molecule has 0 spiro atoms. The number of esters is 1. The monoisotopic (exact) mass is 1470 g/mol. The first-order valence-electron chi connectivity index (χ1n) is 34.5. The number of aromatic hydroxyl groups is 3. The summed E-state index contributed by atoms with van der Waals surface area (Å²) in [6.45, 7) is 3.84. The summed E-state index contributed by atoms with van der Waals surface area (Å²) in [4.78, 5) is 196. The van der Waals surface area contributed by atoms with E-state index >= 15 is 0 Å². The molecular formula is C69H98N14O22. The molecule has 576 valence electrons. The molecule has 3 aromatic rings. The number of carboxylic acid groups (broad SMARTS) is 1. The molecule has 36 heteroatoms. The van der Waals surface area contributed by atoms with Crippen LogP contribution < -0.4 is 75.3 Å². The number of aliphatic hydroxyl groups is 3.